The van der Waals surface area contributed by atoms with Gasteiger partial charge in [0.15, 0.2) is 0 Å². The van der Waals surface area contributed by atoms with Gasteiger partial charge < -0.3 is 0 Å². The van der Waals surface area contributed by atoms with Gasteiger partial charge in [-0.3, -0.25) is 9.63 Å². The Labute approximate surface area is 117 Å². The lowest BCUT2D eigenvalue weighted by atomic mass is 10.2. The number of carbonyl (C=O) groups excluding carboxylic acids is 1. The van der Waals surface area contributed by atoms with E-state index in [-0.39, 0.29) is 5.91 Å². The number of carbonyl (C=O) groups is 1. The van der Waals surface area contributed by atoms with Crippen LogP contribution in [0.4, 0.5) is 0 Å². The summed E-state index contributed by atoms with van der Waals surface area (Å²) in [6, 6.07) is 3.23. The summed E-state index contributed by atoms with van der Waals surface area (Å²) in [5, 5.41) is 2.29. The first-order chi connectivity index (χ1) is 7.59. The minimum atomic E-state index is -0.189. The Bertz CT molecular complexity index is 433. The number of nitrogens with zero attached hydrogens (tertiary/aromatic N) is 1. The first kappa shape index (κ1) is 12.4. The van der Waals surface area contributed by atoms with E-state index in [1.807, 2.05) is 22.6 Å². The molecule has 1 heterocycles. The Morgan fingerprint density at radius 3 is 2.81 bits per heavy atom. The van der Waals surface area contributed by atoms with Gasteiger partial charge >= 0.3 is 0 Å². The van der Waals surface area contributed by atoms with Crippen molar-refractivity contribution < 1.29 is 9.63 Å². The third-order valence-electron chi connectivity index (χ3n) is 2.20. The topological polar surface area (TPSA) is 29.5 Å². The molecule has 1 amide bonds. The molecule has 1 saturated heterocycles. The zero-order valence-corrected chi connectivity index (χ0v) is 11.8. The standard InChI is InChI=1S/C10H8Cl2INO2/c11-6-4-7(9(13)8(12)5-6)10(15)14-2-1-3-16-14/h4-5H,1-3H2. The van der Waals surface area contributed by atoms with Crippen molar-refractivity contribution in [1.82, 2.24) is 5.06 Å². The van der Waals surface area contributed by atoms with E-state index in [0.29, 0.717) is 32.3 Å². The Kier molecular flexibility index (Phi) is 3.94. The molecule has 1 aliphatic heterocycles. The number of hydrogen-bond donors (Lipinski definition) is 0. The molecule has 0 saturated carbocycles. The molecule has 0 radical (unpaired) electrons. The second kappa shape index (κ2) is 5.08. The number of hydrogen-bond acceptors (Lipinski definition) is 2. The molecule has 0 unspecified atom stereocenters. The first-order valence-corrected chi connectivity index (χ1v) is 6.52. The summed E-state index contributed by atoms with van der Waals surface area (Å²) in [5.74, 6) is -0.189. The molecule has 1 aliphatic rings. The second-order valence-corrected chi connectivity index (χ2v) is 5.27. The van der Waals surface area contributed by atoms with Gasteiger partial charge in [-0.1, -0.05) is 23.2 Å². The molecule has 16 heavy (non-hydrogen) atoms. The highest BCUT2D eigenvalue weighted by Crippen LogP contribution is 2.28. The van der Waals surface area contributed by atoms with E-state index in [2.05, 4.69) is 0 Å². The third-order valence-corrected chi connectivity index (χ3v) is 4.20. The Balaban J connectivity index is 2.35. The predicted molar refractivity (Wildman–Crippen MR) is 70.8 cm³/mol. The van der Waals surface area contributed by atoms with Crippen molar-refractivity contribution in [2.45, 2.75) is 6.42 Å². The lowest BCUT2D eigenvalue weighted by Crippen LogP contribution is -2.27. The van der Waals surface area contributed by atoms with Crippen LogP contribution in [-0.4, -0.2) is 24.1 Å². The molecule has 0 aromatic heterocycles. The van der Waals surface area contributed by atoms with Crippen LogP contribution in [0.15, 0.2) is 12.1 Å². The Morgan fingerprint density at radius 2 is 2.19 bits per heavy atom. The summed E-state index contributed by atoms with van der Waals surface area (Å²) < 4.78 is 0.698. The molecule has 0 N–H and O–H groups in total. The molecular formula is C10H8Cl2INO2. The molecule has 0 atom stereocenters. The van der Waals surface area contributed by atoms with Crippen LogP contribution in [0.25, 0.3) is 0 Å². The van der Waals surface area contributed by atoms with E-state index >= 15 is 0 Å². The maximum atomic E-state index is 12.1. The van der Waals surface area contributed by atoms with E-state index < -0.39 is 0 Å². The fourth-order valence-electron chi connectivity index (χ4n) is 1.45. The molecule has 0 aliphatic carbocycles. The van der Waals surface area contributed by atoms with E-state index in [0.717, 1.165) is 6.42 Å². The van der Waals surface area contributed by atoms with Gasteiger partial charge in [-0.15, -0.1) is 0 Å². The van der Waals surface area contributed by atoms with Gasteiger partial charge in [0.05, 0.1) is 23.7 Å². The SMILES string of the molecule is O=C(c1cc(Cl)cc(Cl)c1I)N1CCCO1. The number of rotatable bonds is 1. The van der Waals surface area contributed by atoms with Gasteiger partial charge in [-0.05, 0) is 41.1 Å². The largest absolute Gasteiger partial charge is 0.278 e. The highest BCUT2D eigenvalue weighted by atomic mass is 127. The van der Waals surface area contributed by atoms with Gasteiger partial charge in [0, 0.05) is 8.59 Å². The summed E-state index contributed by atoms with van der Waals surface area (Å²) >= 11 is 13.9. The summed E-state index contributed by atoms with van der Waals surface area (Å²) in [4.78, 5) is 17.2. The van der Waals surface area contributed by atoms with Crippen molar-refractivity contribution >= 4 is 51.7 Å². The Hall–Kier alpha value is -0.0400. The van der Waals surface area contributed by atoms with Crippen molar-refractivity contribution in [3.63, 3.8) is 0 Å². The summed E-state index contributed by atoms with van der Waals surface area (Å²) in [6.45, 7) is 1.19. The lowest BCUT2D eigenvalue weighted by molar-refractivity contribution is -0.0769. The van der Waals surface area contributed by atoms with Gasteiger partial charge in [0.25, 0.3) is 5.91 Å². The average Bonchev–Trinajstić information content (AvgIpc) is 2.75. The van der Waals surface area contributed by atoms with E-state index in [4.69, 9.17) is 28.0 Å². The van der Waals surface area contributed by atoms with Crippen LogP contribution in [-0.2, 0) is 4.84 Å². The zero-order chi connectivity index (χ0) is 11.7. The van der Waals surface area contributed by atoms with Crippen LogP contribution >= 0.6 is 45.8 Å². The molecule has 86 valence electrons. The van der Waals surface area contributed by atoms with Crippen LogP contribution in [0.1, 0.15) is 16.8 Å². The monoisotopic (exact) mass is 371 g/mol. The number of benzene rings is 1. The Morgan fingerprint density at radius 1 is 1.44 bits per heavy atom. The molecule has 1 fully saturated rings. The first-order valence-electron chi connectivity index (χ1n) is 4.69. The molecule has 1 aromatic carbocycles. The fourth-order valence-corrected chi connectivity index (χ4v) is 2.49. The average molecular weight is 372 g/mol. The predicted octanol–water partition coefficient (Wildman–Crippen LogP) is 3.38. The number of halogens is 3. The van der Waals surface area contributed by atoms with E-state index in [9.17, 15) is 4.79 Å². The van der Waals surface area contributed by atoms with Gasteiger partial charge in [0.1, 0.15) is 0 Å². The molecule has 0 bridgehead atoms. The molecular weight excluding hydrogens is 364 g/mol. The van der Waals surface area contributed by atoms with Crippen molar-refractivity contribution in [3.05, 3.63) is 31.3 Å². The zero-order valence-electron chi connectivity index (χ0n) is 8.17. The smallest absolute Gasteiger partial charge is 0.271 e. The van der Waals surface area contributed by atoms with Gasteiger partial charge in [-0.25, -0.2) is 5.06 Å². The summed E-state index contributed by atoms with van der Waals surface area (Å²) in [5.41, 5.74) is 0.486. The fraction of sp³-hybridized carbons (Fsp3) is 0.300. The van der Waals surface area contributed by atoms with Crippen molar-refractivity contribution in [1.29, 1.82) is 0 Å². The molecule has 2 rings (SSSR count). The van der Waals surface area contributed by atoms with Gasteiger partial charge in [0.2, 0.25) is 0 Å². The number of hydroxylamine groups is 2. The molecule has 0 spiro atoms. The van der Waals surface area contributed by atoms with Crippen LogP contribution in [0, 0.1) is 3.57 Å². The normalized spacial score (nSPS) is 15.6. The highest BCUT2D eigenvalue weighted by Gasteiger charge is 2.24. The lowest BCUT2D eigenvalue weighted by Gasteiger charge is -2.15. The van der Waals surface area contributed by atoms with Gasteiger partial charge in [-0.2, -0.15) is 0 Å². The van der Waals surface area contributed by atoms with E-state index in [1.54, 1.807) is 12.1 Å². The minimum absolute atomic E-state index is 0.189. The maximum absolute atomic E-state index is 12.1. The van der Waals surface area contributed by atoms with Crippen LogP contribution in [0.3, 0.4) is 0 Å². The van der Waals surface area contributed by atoms with Crippen LogP contribution in [0.5, 0.6) is 0 Å². The summed E-state index contributed by atoms with van der Waals surface area (Å²) in [6.07, 6.45) is 0.858. The minimum Gasteiger partial charge on any atom is -0.271 e. The van der Waals surface area contributed by atoms with Crippen molar-refractivity contribution in [2.75, 3.05) is 13.2 Å². The molecule has 6 heteroatoms. The van der Waals surface area contributed by atoms with E-state index in [1.165, 1.54) is 5.06 Å². The van der Waals surface area contributed by atoms with Crippen LogP contribution < -0.4 is 0 Å². The third kappa shape index (κ3) is 2.45. The quantitative estimate of drug-likeness (QED) is 0.559. The second-order valence-electron chi connectivity index (χ2n) is 3.34. The van der Waals surface area contributed by atoms with Crippen molar-refractivity contribution in [2.24, 2.45) is 0 Å². The molecule has 1 aromatic rings. The van der Waals surface area contributed by atoms with Crippen molar-refractivity contribution in [3.8, 4) is 0 Å². The summed E-state index contributed by atoms with van der Waals surface area (Å²) in [7, 11) is 0. The van der Waals surface area contributed by atoms with Crippen LogP contribution in [0.2, 0.25) is 10.0 Å². The molecule has 3 nitrogen and oxygen atoms in total. The number of amides is 1. The highest BCUT2D eigenvalue weighted by molar-refractivity contribution is 14.1. The maximum Gasteiger partial charge on any atom is 0.278 e.